The molecule has 0 saturated heterocycles. The molecule has 1 aromatic rings. The molecule has 3 nitrogen and oxygen atoms in total. The number of carbonyl (C=O) groups excluding carboxylic acids is 1. The van der Waals surface area contributed by atoms with E-state index in [4.69, 9.17) is 0 Å². The van der Waals surface area contributed by atoms with Crippen LogP contribution < -0.4 is 5.32 Å². The Morgan fingerprint density at radius 1 is 1.37 bits per heavy atom. The fourth-order valence-electron chi connectivity index (χ4n) is 2.33. The summed E-state index contributed by atoms with van der Waals surface area (Å²) in [7, 11) is 0. The van der Waals surface area contributed by atoms with Crippen LogP contribution in [0.25, 0.3) is 0 Å². The van der Waals surface area contributed by atoms with Crippen LogP contribution in [0.2, 0.25) is 0 Å². The Morgan fingerprint density at radius 2 is 2.11 bits per heavy atom. The van der Waals surface area contributed by atoms with E-state index in [1.165, 1.54) is 0 Å². The van der Waals surface area contributed by atoms with Crippen LogP contribution in [0.5, 0.6) is 0 Å². The molecule has 2 atom stereocenters. The Bertz CT molecular complexity index is 451. The largest absolute Gasteiger partial charge is 0.384 e. The van der Waals surface area contributed by atoms with Crippen LogP contribution in [0.1, 0.15) is 31.7 Å². The van der Waals surface area contributed by atoms with E-state index in [-0.39, 0.29) is 18.4 Å². The van der Waals surface area contributed by atoms with Crippen LogP contribution >= 0.6 is 0 Å². The van der Waals surface area contributed by atoms with Crippen LogP contribution in [-0.4, -0.2) is 17.6 Å². The molecule has 0 fully saturated rings. The summed E-state index contributed by atoms with van der Waals surface area (Å²) in [4.78, 5) is 12.0. The predicted octanol–water partition coefficient (Wildman–Crippen LogP) is 2.37. The average molecular weight is 259 g/mol. The standard InChI is InChI=1S/C16H21NO2/c1-16(19,14-10-6-3-7-11-14)12-17-15(18)13-8-4-2-5-9-13/h2-4,6-7,10-11,13,19H,5,8-9,12H2,1H3,(H,17,18)/t13-,16+/m1/s1. The van der Waals surface area contributed by atoms with Gasteiger partial charge in [-0.15, -0.1) is 0 Å². The summed E-state index contributed by atoms with van der Waals surface area (Å²) < 4.78 is 0. The van der Waals surface area contributed by atoms with E-state index < -0.39 is 5.60 Å². The topological polar surface area (TPSA) is 49.3 Å². The molecule has 3 heteroatoms. The molecule has 1 amide bonds. The lowest BCUT2D eigenvalue weighted by Crippen LogP contribution is -2.41. The van der Waals surface area contributed by atoms with Gasteiger partial charge in [0.2, 0.25) is 5.91 Å². The highest BCUT2D eigenvalue weighted by Crippen LogP contribution is 2.21. The van der Waals surface area contributed by atoms with Crippen molar-refractivity contribution < 1.29 is 9.90 Å². The maximum Gasteiger partial charge on any atom is 0.223 e. The SMILES string of the molecule is C[C@](O)(CNC(=O)[C@@H]1CC=CCC1)c1ccccc1. The molecule has 19 heavy (non-hydrogen) atoms. The first-order chi connectivity index (χ1) is 9.09. The molecule has 0 heterocycles. The number of hydrogen-bond donors (Lipinski definition) is 2. The Balaban J connectivity index is 1.90. The first-order valence-corrected chi connectivity index (χ1v) is 6.80. The zero-order chi connectivity index (χ0) is 13.7. The van der Waals surface area contributed by atoms with Gasteiger partial charge in [-0.3, -0.25) is 4.79 Å². The highest BCUT2D eigenvalue weighted by Gasteiger charge is 2.25. The summed E-state index contributed by atoms with van der Waals surface area (Å²) in [5, 5.41) is 13.3. The summed E-state index contributed by atoms with van der Waals surface area (Å²) in [6.07, 6.45) is 6.84. The fraction of sp³-hybridized carbons (Fsp3) is 0.438. The molecule has 0 saturated carbocycles. The molecule has 1 aliphatic carbocycles. The summed E-state index contributed by atoms with van der Waals surface area (Å²) >= 11 is 0. The third-order valence-corrected chi connectivity index (χ3v) is 3.64. The van der Waals surface area contributed by atoms with Crippen LogP contribution in [0, 0.1) is 5.92 Å². The second-order valence-electron chi connectivity index (χ2n) is 5.34. The summed E-state index contributed by atoms with van der Waals surface area (Å²) in [5.41, 5.74) is -0.208. The van der Waals surface area contributed by atoms with E-state index in [1.54, 1.807) is 6.92 Å². The smallest absolute Gasteiger partial charge is 0.223 e. The second kappa shape index (κ2) is 6.02. The lowest BCUT2D eigenvalue weighted by Gasteiger charge is -2.26. The van der Waals surface area contributed by atoms with Gasteiger partial charge < -0.3 is 10.4 Å². The minimum absolute atomic E-state index is 0.0422. The third kappa shape index (κ3) is 3.67. The van der Waals surface area contributed by atoms with Crippen molar-refractivity contribution in [2.45, 2.75) is 31.8 Å². The summed E-state index contributed by atoms with van der Waals surface area (Å²) in [5.74, 6) is 0.0946. The van der Waals surface area contributed by atoms with E-state index in [0.717, 1.165) is 24.8 Å². The maximum absolute atomic E-state index is 12.0. The van der Waals surface area contributed by atoms with Crippen LogP contribution in [0.15, 0.2) is 42.5 Å². The first-order valence-electron chi connectivity index (χ1n) is 6.80. The van der Waals surface area contributed by atoms with Crippen molar-refractivity contribution in [3.63, 3.8) is 0 Å². The van der Waals surface area contributed by atoms with Crippen LogP contribution in [-0.2, 0) is 10.4 Å². The highest BCUT2D eigenvalue weighted by atomic mass is 16.3. The molecule has 0 radical (unpaired) electrons. The molecule has 102 valence electrons. The maximum atomic E-state index is 12.0. The van der Waals surface area contributed by atoms with Gasteiger partial charge in [0.05, 0.1) is 6.54 Å². The number of nitrogens with one attached hydrogen (secondary N) is 1. The highest BCUT2D eigenvalue weighted by molar-refractivity contribution is 5.79. The van der Waals surface area contributed by atoms with E-state index >= 15 is 0 Å². The zero-order valence-electron chi connectivity index (χ0n) is 11.3. The number of amides is 1. The minimum atomic E-state index is -1.03. The molecule has 1 aromatic carbocycles. The van der Waals surface area contributed by atoms with Gasteiger partial charge in [-0.1, -0.05) is 42.5 Å². The van der Waals surface area contributed by atoms with E-state index in [0.29, 0.717) is 0 Å². The van der Waals surface area contributed by atoms with Gasteiger partial charge >= 0.3 is 0 Å². The number of carbonyl (C=O) groups is 1. The molecular formula is C16H21NO2. The Labute approximate surface area is 114 Å². The number of aliphatic hydroxyl groups is 1. The molecule has 0 spiro atoms. The van der Waals surface area contributed by atoms with Gasteiger partial charge in [-0.05, 0) is 31.7 Å². The van der Waals surface area contributed by atoms with Crippen LogP contribution in [0.4, 0.5) is 0 Å². The van der Waals surface area contributed by atoms with E-state index in [1.807, 2.05) is 30.3 Å². The van der Waals surface area contributed by atoms with Crippen molar-refractivity contribution in [3.05, 3.63) is 48.0 Å². The van der Waals surface area contributed by atoms with Crippen molar-refractivity contribution in [2.75, 3.05) is 6.54 Å². The van der Waals surface area contributed by atoms with Gasteiger partial charge in [-0.25, -0.2) is 0 Å². The quantitative estimate of drug-likeness (QED) is 0.816. The van der Waals surface area contributed by atoms with Crippen molar-refractivity contribution in [3.8, 4) is 0 Å². The minimum Gasteiger partial charge on any atom is -0.384 e. The molecule has 1 aliphatic rings. The molecule has 0 aromatic heterocycles. The predicted molar refractivity (Wildman–Crippen MR) is 75.5 cm³/mol. The third-order valence-electron chi connectivity index (χ3n) is 3.64. The van der Waals surface area contributed by atoms with E-state index in [9.17, 15) is 9.90 Å². The molecular weight excluding hydrogens is 238 g/mol. The Morgan fingerprint density at radius 3 is 2.74 bits per heavy atom. The Hall–Kier alpha value is -1.61. The van der Waals surface area contributed by atoms with Gasteiger partial charge in [0.1, 0.15) is 5.60 Å². The molecule has 0 unspecified atom stereocenters. The second-order valence-corrected chi connectivity index (χ2v) is 5.34. The summed E-state index contributed by atoms with van der Waals surface area (Å²) in [6, 6.07) is 9.42. The lowest BCUT2D eigenvalue weighted by atomic mass is 9.92. The van der Waals surface area contributed by atoms with Crippen molar-refractivity contribution in [1.82, 2.24) is 5.32 Å². The average Bonchev–Trinajstić information content (AvgIpc) is 2.47. The fourth-order valence-corrected chi connectivity index (χ4v) is 2.33. The molecule has 2 rings (SSSR count). The van der Waals surface area contributed by atoms with Gasteiger partial charge in [0.15, 0.2) is 0 Å². The summed E-state index contributed by atoms with van der Waals surface area (Å²) in [6.45, 7) is 1.97. The number of hydrogen-bond acceptors (Lipinski definition) is 2. The van der Waals surface area contributed by atoms with Crippen LogP contribution in [0.3, 0.4) is 0 Å². The van der Waals surface area contributed by atoms with Gasteiger partial charge in [0, 0.05) is 5.92 Å². The number of benzene rings is 1. The molecule has 0 aliphatic heterocycles. The van der Waals surface area contributed by atoms with Crippen molar-refractivity contribution >= 4 is 5.91 Å². The van der Waals surface area contributed by atoms with Gasteiger partial charge in [0.25, 0.3) is 0 Å². The number of rotatable bonds is 4. The van der Waals surface area contributed by atoms with Crippen molar-refractivity contribution in [2.24, 2.45) is 5.92 Å². The molecule has 2 N–H and O–H groups in total. The number of allylic oxidation sites excluding steroid dienone is 2. The first kappa shape index (κ1) is 13.8. The normalized spacial score (nSPS) is 21.7. The van der Waals surface area contributed by atoms with Crippen molar-refractivity contribution in [1.29, 1.82) is 0 Å². The monoisotopic (exact) mass is 259 g/mol. The van der Waals surface area contributed by atoms with Gasteiger partial charge in [-0.2, -0.15) is 0 Å². The zero-order valence-corrected chi connectivity index (χ0v) is 11.3. The van der Waals surface area contributed by atoms with E-state index in [2.05, 4.69) is 17.5 Å². The Kier molecular flexibility index (Phi) is 4.38. The molecule has 0 bridgehead atoms. The lowest BCUT2D eigenvalue weighted by molar-refractivity contribution is -0.126.